The summed E-state index contributed by atoms with van der Waals surface area (Å²) in [6.45, 7) is 3.87. The van der Waals surface area contributed by atoms with Crippen molar-refractivity contribution in [2.45, 2.75) is 19.8 Å². The molecule has 0 aromatic carbocycles. The highest BCUT2D eigenvalue weighted by atomic mass is 79.9. The molecule has 1 aliphatic carbocycles. The Balaban J connectivity index is 1.79. The largest absolute Gasteiger partial charge is 0.494 e. The van der Waals surface area contributed by atoms with Crippen molar-refractivity contribution in [3.63, 3.8) is 0 Å². The summed E-state index contributed by atoms with van der Waals surface area (Å²) in [5.74, 6) is 1.26. The Morgan fingerprint density at radius 3 is 2.89 bits per heavy atom. The third kappa shape index (κ3) is 3.94. The number of hydrogen-bond donors (Lipinski definition) is 1. The molecule has 1 aromatic heterocycles. The molecule has 0 aliphatic heterocycles. The number of amides is 1. The van der Waals surface area contributed by atoms with Crippen LogP contribution in [0.3, 0.4) is 0 Å². The molecule has 1 fully saturated rings. The van der Waals surface area contributed by atoms with Crippen LogP contribution in [0.5, 0.6) is 5.75 Å². The number of carbonyl (C=O) groups is 1. The van der Waals surface area contributed by atoms with Crippen LogP contribution < -0.4 is 10.1 Å². The van der Waals surface area contributed by atoms with Crippen LogP contribution in [0.1, 0.15) is 27.4 Å². The molecule has 1 aliphatic rings. The molecule has 1 aromatic rings. The quantitative estimate of drug-likeness (QED) is 0.771. The fraction of sp³-hybridized carbons (Fsp3) is 0.615. The zero-order chi connectivity index (χ0) is 13.8. The van der Waals surface area contributed by atoms with Crippen molar-refractivity contribution in [3.05, 3.63) is 14.2 Å². The van der Waals surface area contributed by atoms with E-state index in [-0.39, 0.29) is 5.91 Å². The van der Waals surface area contributed by atoms with Crippen LogP contribution >= 0.6 is 27.3 Å². The molecule has 1 amide bonds. The second-order valence-electron chi connectivity index (χ2n) is 4.61. The van der Waals surface area contributed by atoms with Gasteiger partial charge < -0.3 is 14.8 Å². The van der Waals surface area contributed by atoms with Crippen molar-refractivity contribution in [2.75, 3.05) is 26.9 Å². The van der Waals surface area contributed by atoms with Gasteiger partial charge in [-0.15, -0.1) is 11.3 Å². The minimum absolute atomic E-state index is 0.106. The van der Waals surface area contributed by atoms with Gasteiger partial charge in [-0.25, -0.2) is 0 Å². The molecule has 1 N–H and O–H groups in total. The molecule has 106 valence electrons. The van der Waals surface area contributed by atoms with E-state index in [4.69, 9.17) is 9.47 Å². The monoisotopic (exact) mass is 347 g/mol. The van der Waals surface area contributed by atoms with Gasteiger partial charge in [0.15, 0.2) is 5.75 Å². The summed E-state index contributed by atoms with van der Waals surface area (Å²) < 4.78 is 11.6. The molecule has 6 heteroatoms. The molecule has 0 unspecified atom stereocenters. The topological polar surface area (TPSA) is 47.6 Å². The maximum absolute atomic E-state index is 12.0. The Morgan fingerprint density at radius 2 is 2.26 bits per heavy atom. The van der Waals surface area contributed by atoms with Crippen LogP contribution in [0.25, 0.3) is 0 Å². The number of aryl methyl sites for hydroxylation is 1. The standard InChI is InChI=1S/C13H18BrNO3S/c1-8-10(14)11(17-2)12(19-8)13(16)15-5-6-18-7-9-3-4-9/h9H,3-7H2,1-2H3,(H,15,16). The minimum atomic E-state index is -0.106. The van der Waals surface area contributed by atoms with Gasteiger partial charge >= 0.3 is 0 Å². The molecular weight excluding hydrogens is 330 g/mol. The van der Waals surface area contributed by atoms with Gasteiger partial charge in [0.05, 0.1) is 18.2 Å². The van der Waals surface area contributed by atoms with Crippen LogP contribution in [0.2, 0.25) is 0 Å². The van der Waals surface area contributed by atoms with E-state index in [9.17, 15) is 4.79 Å². The lowest BCUT2D eigenvalue weighted by atomic mass is 10.3. The molecule has 0 spiro atoms. The summed E-state index contributed by atoms with van der Waals surface area (Å²) in [6, 6.07) is 0. The van der Waals surface area contributed by atoms with Crippen LogP contribution in [0.15, 0.2) is 4.47 Å². The number of rotatable bonds is 7. The van der Waals surface area contributed by atoms with Crippen LogP contribution in [-0.2, 0) is 4.74 Å². The lowest BCUT2D eigenvalue weighted by molar-refractivity contribution is 0.0908. The van der Waals surface area contributed by atoms with Crippen molar-refractivity contribution >= 4 is 33.2 Å². The second-order valence-corrected chi connectivity index (χ2v) is 6.63. The molecule has 0 bridgehead atoms. The van der Waals surface area contributed by atoms with E-state index >= 15 is 0 Å². The van der Waals surface area contributed by atoms with Gasteiger partial charge in [-0.2, -0.15) is 0 Å². The molecule has 19 heavy (non-hydrogen) atoms. The van der Waals surface area contributed by atoms with Crippen LogP contribution in [0.4, 0.5) is 0 Å². The van der Waals surface area contributed by atoms with E-state index in [0.29, 0.717) is 23.8 Å². The van der Waals surface area contributed by atoms with Crippen molar-refractivity contribution < 1.29 is 14.3 Å². The third-order valence-corrected chi connectivity index (χ3v) is 5.27. The van der Waals surface area contributed by atoms with E-state index < -0.39 is 0 Å². The van der Waals surface area contributed by atoms with Gasteiger partial charge in [0.1, 0.15) is 4.88 Å². The zero-order valence-electron chi connectivity index (χ0n) is 11.1. The average Bonchev–Trinajstić information content (AvgIpc) is 3.16. The van der Waals surface area contributed by atoms with Gasteiger partial charge in [-0.1, -0.05) is 0 Å². The summed E-state index contributed by atoms with van der Waals surface area (Å²) in [4.78, 5) is 13.7. The first-order valence-corrected chi connectivity index (χ1v) is 7.93. The number of ether oxygens (including phenoxy) is 2. The van der Waals surface area contributed by atoms with Crippen molar-refractivity contribution in [3.8, 4) is 5.75 Å². The molecule has 0 saturated heterocycles. The van der Waals surface area contributed by atoms with Gasteiger partial charge in [0.25, 0.3) is 5.91 Å². The maximum Gasteiger partial charge on any atom is 0.265 e. The fourth-order valence-corrected chi connectivity index (χ4v) is 3.35. The number of nitrogens with one attached hydrogen (secondary N) is 1. The Bertz CT molecular complexity index is 457. The molecule has 4 nitrogen and oxygen atoms in total. The first-order chi connectivity index (χ1) is 9.13. The summed E-state index contributed by atoms with van der Waals surface area (Å²) in [6.07, 6.45) is 2.57. The molecule has 1 saturated carbocycles. The normalized spacial score (nSPS) is 14.5. The Kier molecular flexibility index (Phi) is 5.24. The van der Waals surface area contributed by atoms with E-state index in [1.165, 1.54) is 24.2 Å². The first-order valence-electron chi connectivity index (χ1n) is 6.32. The van der Waals surface area contributed by atoms with Crippen molar-refractivity contribution in [2.24, 2.45) is 5.92 Å². The Morgan fingerprint density at radius 1 is 1.53 bits per heavy atom. The predicted octanol–water partition coefficient (Wildman–Crippen LogP) is 2.98. The smallest absolute Gasteiger partial charge is 0.265 e. The maximum atomic E-state index is 12.0. The van der Waals surface area contributed by atoms with Gasteiger partial charge in [0, 0.05) is 18.0 Å². The van der Waals surface area contributed by atoms with Gasteiger partial charge in [-0.3, -0.25) is 4.79 Å². The molecular formula is C13H18BrNO3S. The van der Waals surface area contributed by atoms with Gasteiger partial charge in [0.2, 0.25) is 0 Å². The summed E-state index contributed by atoms with van der Waals surface area (Å²) in [5.41, 5.74) is 0. The molecule has 1 heterocycles. The number of thiophene rings is 1. The first kappa shape index (κ1) is 14.8. The number of hydrogen-bond acceptors (Lipinski definition) is 4. The van der Waals surface area contributed by atoms with Crippen LogP contribution in [0, 0.1) is 12.8 Å². The van der Waals surface area contributed by atoms with E-state index in [2.05, 4.69) is 21.2 Å². The highest BCUT2D eigenvalue weighted by Crippen LogP contribution is 2.38. The van der Waals surface area contributed by atoms with Crippen molar-refractivity contribution in [1.82, 2.24) is 5.32 Å². The molecule has 0 atom stereocenters. The van der Waals surface area contributed by atoms with Crippen molar-refractivity contribution in [1.29, 1.82) is 0 Å². The summed E-state index contributed by atoms with van der Waals surface area (Å²) in [7, 11) is 1.57. The van der Waals surface area contributed by atoms with E-state index in [0.717, 1.165) is 21.9 Å². The third-order valence-electron chi connectivity index (χ3n) is 2.96. The van der Waals surface area contributed by atoms with E-state index in [1.807, 2.05) is 6.92 Å². The SMILES string of the molecule is COc1c(C(=O)NCCOCC2CC2)sc(C)c1Br. The average molecular weight is 348 g/mol. The lowest BCUT2D eigenvalue weighted by Gasteiger charge is -2.06. The molecule has 0 radical (unpaired) electrons. The number of methoxy groups -OCH3 is 1. The van der Waals surface area contributed by atoms with E-state index in [1.54, 1.807) is 7.11 Å². The molecule has 2 rings (SSSR count). The Hall–Kier alpha value is -0.590. The van der Waals surface area contributed by atoms with Gasteiger partial charge in [-0.05, 0) is 41.6 Å². The van der Waals surface area contributed by atoms with Crippen LogP contribution in [-0.4, -0.2) is 32.8 Å². The Labute approximate surface area is 125 Å². The number of halogens is 1. The number of carbonyl (C=O) groups excluding carboxylic acids is 1. The summed E-state index contributed by atoms with van der Waals surface area (Å²) >= 11 is 4.85. The fourth-order valence-electron chi connectivity index (χ4n) is 1.69. The zero-order valence-corrected chi connectivity index (χ0v) is 13.5. The predicted molar refractivity (Wildman–Crippen MR) is 79.2 cm³/mol. The highest BCUT2D eigenvalue weighted by Gasteiger charge is 2.22. The second kappa shape index (κ2) is 6.72. The minimum Gasteiger partial charge on any atom is -0.494 e. The summed E-state index contributed by atoms with van der Waals surface area (Å²) in [5, 5.41) is 2.85. The highest BCUT2D eigenvalue weighted by molar-refractivity contribution is 9.10. The lowest BCUT2D eigenvalue weighted by Crippen LogP contribution is -2.27.